The third kappa shape index (κ3) is 17.3. The molecule has 1 aromatic rings. The molecule has 0 saturated carbocycles. The van der Waals surface area contributed by atoms with E-state index < -0.39 is 5.97 Å². The van der Waals surface area contributed by atoms with Crippen molar-refractivity contribution in [2.45, 2.75) is 116 Å². The summed E-state index contributed by atoms with van der Waals surface area (Å²) in [7, 11) is 0. The molecule has 0 unspecified atom stereocenters. The fourth-order valence-electron chi connectivity index (χ4n) is 3.81. The van der Waals surface area contributed by atoms with Crippen molar-refractivity contribution >= 4 is 11.9 Å². The van der Waals surface area contributed by atoms with Crippen LogP contribution in [0.3, 0.4) is 0 Å². The first-order valence-corrected chi connectivity index (χ1v) is 13.2. The molecule has 0 aliphatic heterocycles. The number of carbonyl (C=O) groups is 2. The van der Waals surface area contributed by atoms with Gasteiger partial charge in [0.25, 0.3) is 0 Å². The Bertz CT molecular complexity index is 632. The van der Waals surface area contributed by atoms with Crippen molar-refractivity contribution in [3.05, 3.63) is 35.6 Å². The Balaban J connectivity index is 1.84. The van der Waals surface area contributed by atoms with Crippen LogP contribution in [0, 0.1) is 5.82 Å². The fourth-order valence-corrected chi connectivity index (χ4v) is 3.81. The standard InChI is InChI=1S/C28H45FO4/c1-2-3-4-5-6-7-8-9-10-11-12-13-14-17-23-32-27(30)20-21-28(31)33-24-22-25-18-15-16-19-26(25)29/h15-16,18-19H,2-14,17,20-24H2,1H3. The molecule has 0 atom stereocenters. The van der Waals surface area contributed by atoms with Crippen molar-refractivity contribution < 1.29 is 23.5 Å². The van der Waals surface area contributed by atoms with Gasteiger partial charge in [0.1, 0.15) is 5.82 Å². The molecule has 33 heavy (non-hydrogen) atoms. The first-order valence-electron chi connectivity index (χ1n) is 13.2. The van der Waals surface area contributed by atoms with Crippen LogP contribution in [-0.4, -0.2) is 25.2 Å². The van der Waals surface area contributed by atoms with Gasteiger partial charge in [0, 0.05) is 6.42 Å². The second-order valence-corrected chi connectivity index (χ2v) is 8.88. The number of benzene rings is 1. The first kappa shape index (κ1) is 29.1. The molecule has 188 valence electrons. The van der Waals surface area contributed by atoms with E-state index in [9.17, 15) is 14.0 Å². The van der Waals surface area contributed by atoms with Gasteiger partial charge in [-0.1, -0.05) is 109 Å². The van der Waals surface area contributed by atoms with Crippen LogP contribution in [0.2, 0.25) is 0 Å². The summed E-state index contributed by atoms with van der Waals surface area (Å²) in [4.78, 5) is 23.5. The van der Waals surface area contributed by atoms with Crippen molar-refractivity contribution in [3.8, 4) is 0 Å². The first-order chi connectivity index (χ1) is 16.1. The second kappa shape index (κ2) is 20.7. The number of ether oxygens (including phenoxy) is 2. The predicted octanol–water partition coefficient (Wildman–Crippen LogP) is 7.72. The minimum atomic E-state index is -0.459. The highest BCUT2D eigenvalue weighted by atomic mass is 19.1. The normalized spacial score (nSPS) is 10.8. The number of hydrogen-bond acceptors (Lipinski definition) is 4. The van der Waals surface area contributed by atoms with E-state index in [1.54, 1.807) is 18.2 Å². The maximum Gasteiger partial charge on any atom is 0.306 e. The Labute approximate surface area is 200 Å². The zero-order chi connectivity index (χ0) is 24.0. The van der Waals surface area contributed by atoms with E-state index in [-0.39, 0.29) is 31.2 Å². The smallest absolute Gasteiger partial charge is 0.306 e. The Kier molecular flexibility index (Phi) is 18.2. The number of carbonyl (C=O) groups excluding carboxylic acids is 2. The van der Waals surface area contributed by atoms with Crippen LogP contribution in [0.4, 0.5) is 4.39 Å². The molecular formula is C28H45FO4. The van der Waals surface area contributed by atoms with E-state index in [2.05, 4.69) is 6.92 Å². The summed E-state index contributed by atoms with van der Waals surface area (Å²) in [5.41, 5.74) is 0.512. The van der Waals surface area contributed by atoms with Gasteiger partial charge in [-0.15, -0.1) is 0 Å². The van der Waals surface area contributed by atoms with Crippen LogP contribution in [0.1, 0.15) is 115 Å². The van der Waals surface area contributed by atoms with E-state index >= 15 is 0 Å². The molecule has 5 heteroatoms. The van der Waals surface area contributed by atoms with Gasteiger partial charge in [0.05, 0.1) is 26.1 Å². The van der Waals surface area contributed by atoms with Crippen molar-refractivity contribution in [3.63, 3.8) is 0 Å². The number of halogens is 1. The van der Waals surface area contributed by atoms with Gasteiger partial charge in [-0.3, -0.25) is 9.59 Å². The van der Waals surface area contributed by atoms with Crippen LogP contribution in [0.15, 0.2) is 24.3 Å². The largest absolute Gasteiger partial charge is 0.466 e. The van der Waals surface area contributed by atoms with Crippen LogP contribution in [0.5, 0.6) is 0 Å². The lowest BCUT2D eigenvalue weighted by Gasteiger charge is -2.07. The SMILES string of the molecule is CCCCCCCCCCCCCCCCOC(=O)CCC(=O)OCCc1ccccc1F. The molecule has 0 aliphatic carbocycles. The predicted molar refractivity (Wildman–Crippen MR) is 132 cm³/mol. The Morgan fingerprint density at radius 1 is 0.667 bits per heavy atom. The molecule has 0 spiro atoms. The lowest BCUT2D eigenvalue weighted by atomic mass is 10.0. The highest BCUT2D eigenvalue weighted by Crippen LogP contribution is 2.13. The Hall–Kier alpha value is -1.91. The Morgan fingerprint density at radius 3 is 1.64 bits per heavy atom. The molecule has 4 nitrogen and oxygen atoms in total. The van der Waals surface area contributed by atoms with E-state index in [4.69, 9.17) is 9.47 Å². The second-order valence-electron chi connectivity index (χ2n) is 8.88. The Morgan fingerprint density at radius 2 is 1.12 bits per heavy atom. The van der Waals surface area contributed by atoms with E-state index in [0.717, 1.165) is 12.8 Å². The monoisotopic (exact) mass is 464 g/mol. The molecule has 1 aromatic carbocycles. The molecule has 0 bridgehead atoms. The van der Waals surface area contributed by atoms with Gasteiger partial charge in [0.2, 0.25) is 0 Å². The van der Waals surface area contributed by atoms with Gasteiger partial charge >= 0.3 is 11.9 Å². The van der Waals surface area contributed by atoms with Gasteiger partial charge in [0.15, 0.2) is 0 Å². The van der Waals surface area contributed by atoms with E-state index in [1.807, 2.05) is 0 Å². The molecule has 0 heterocycles. The number of hydrogen-bond donors (Lipinski definition) is 0. The van der Waals surface area contributed by atoms with Crippen LogP contribution in [0.25, 0.3) is 0 Å². The molecule has 0 saturated heterocycles. The highest BCUT2D eigenvalue weighted by Gasteiger charge is 2.10. The van der Waals surface area contributed by atoms with E-state index in [1.165, 1.54) is 83.1 Å². The number of rotatable bonds is 21. The van der Waals surface area contributed by atoms with E-state index in [0.29, 0.717) is 18.6 Å². The van der Waals surface area contributed by atoms with Crippen LogP contribution in [-0.2, 0) is 25.5 Å². The summed E-state index contributed by atoms with van der Waals surface area (Å²) in [5, 5.41) is 0. The molecule has 0 aliphatic rings. The summed E-state index contributed by atoms with van der Waals surface area (Å²) in [6.07, 6.45) is 18.4. The molecule has 0 amide bonds. The third-order valence-corrected chi connectivity index (χ3v) is 5.89. The molecule has 1 rings (SSSR count). The zero-order valence-electron chi connectivity index (χ0n) is 20.8. The van der Waals surface area contributed by atoms with Gasteiger partial charge < -0.3 is 9.47 Å². The van der Waals surface area contributed by atoms with Crippen LogP contribution >= 0.6 is 0 Å². The highest BCUT2D eigenvalue weighted by molar-refractivity contribution is 5.77. The third-order valence-electron chi connectivity index (χ3n) is 5.89. The number of unbranched alkanes of at least 4 members (excludes halogenated alkanes) is 13. The molecule has 0 N–H and O–H groups in total. The average Bonchev–Trinajstić information content (AvgIpc) is 2.81. The fraction of sp³-hybridized carbons (Fsp3) is 0.714. The molecule has 0 aromatic heterocycles. The maximum atomic E-state index is 13.5. The molecule has 0 fully saturated rings. The summed E-state index contributed by atoms with van der Waals surface area (Å²) >= 11 is 0. The quantitative estimate of drug-likeness (QED) is 0.138. The van der Waals surface area contributed by atoms with Gasteiger partial charge in [-0.2, -0.15) is 0 Å². The number of esters is 2. The van der Waals surface area contributed by atoms with Crippen molar-refractivity contribution in [1.29, 1.82) is 0 Å². The lowest BCUT2D eigenvalue weighted by molar-refractivity contribution is -0.150. The minimum absolute atomic E-state index is 0.00511. The van der Waals surface area contributed by atoms with Gasteiger partial charge in [-0.25, -0.2) is 4.39 Å². The van der Waals surface area contributed by atoms with Crippen molar-refractivity contribution in [2.75, 3.05) is 13.2 Å². The maximum absolute atomic E-state index is 13.5. The lowest BCUT2D eigenvalue weighted by Crippen LogP contribution is -2.12. The average molecular weight is 465 g/mol. The molecular weight excluding hydrogens is 419 g/mol. The summed E-state index contributed by atoms with van der Waals surface area (Å²) in [6, 6.07) is 6.41. The minimum Gasteiger partial charge on any atom is -0.466 e. The van der Waals surface area contributed by atoms with Crippen molar-refractivity contribution in [2.24, 2.45) is 0 Å². The van der Waals surface area contributed by atoms with Crippen molar-refractivity contribution in [1.82, 2.24) is 0 Å². The van der Waals surface area contributed by atoms with Crippen LogP contribution < -0.4 is 0 Å². The summed E-state index contributed by atoms with van der Waals surface area (Å²) in [5.74, 6) is -1.13. The summed E-state index contributed by atoms with van der Waals surface area (Å²) < 4.78 is 23.8. The molecule has 0 radical (unpaired) electrons. The zero-order valence-corrected chi connectivity index (χ0v) is 20.8. The topological polar surface area (TPSA) is 52.6 Å². The van der Waals surface area contributed by atoms with Gasteiger partial charge in [-0.05, 0) is 18.1 Å². The summed E-state index contributed by atoms with van der Waals surface area (Å²) in [6.45, 7) is 2.78.